The van der Waals surface area contributed by atoms with Crippen LogP contribution >= 0.6 is 0 Å². The van der Waals surface area contributed by atoms with E-state index >= 15 is 0 Å². The van der Waals surface area contributed by atoms with Crippen LogP contribution in [-0.2, 0) is 6.54 Å². The summed E-state index contributed by atoms with van der Waals surface area (Å²) in [5.41, 5.74) is 0.793. The lowest BCUT2D eigenvalue weighted by Crippen LogP contribution is -2.36. The molecular weight excluding hydrogens is 210 g/mol. The first kappa shape index (κ1) is 10.6. The molecule has 0 bridgehead atoms. The zero-order valence-electron chi connectivity index (χ0n) is 9.01. The van der Waals surface area contributed by atoms with Crippen LogP contribution in [0.2, 0.25) is 0 Å². The molecule has 0 atom stereocenters. The summed E-state index contributed by atoms with van der Waals surface area (Å²) < 4.78 is 0. The molecular formula is C10H11N3O3. The molecule has 0 saturated heterocycles. The van der Waals surface area contributed by atoms with Crippen molar-refractivity contribution in [2.75, 3.05) is 14.1 Å². The molecule has 1 aliphatic rings. The predicted molar refractivity (Wildman–Crippen MR) is 56.7 cm³/mol. The van der Waals surface area contributed by atoms with E-state index in [-0.39, 0.29) is 17.2 Å². The van der Waals surface area contributed by atoms with E-state index in [9.17, 15) is 14.9 Å². The van der Waals surface area contributed by atoms with Crippen molar-refractivity contribution in [1.82, 2.24) is 10.0 Å². The van der Waals surface area contributed by atoms with Crippen molar-refractivity contribution >= 4 is 11.6 Å². The molecule has 1 aromatic carbocycles. The van der Waals surface area contributed by atoms with Gasteiger partial charge in [-0.25, -0.2) is 5.01 Å². The van der Waals surface area contributed by atoms with E-state index < -0.39 is 4.92 Å². The van der Waals surface area contributed by atoms with Gasteiger partial charge in [-0.3, -0.25) is 19.9 Å². The normalized spacial score (nSPS) is 14.4. The SMILES string of the molecule is CN(C)N1Cc2cccc([N+](=O)[O-])c2C1=O. The van der Waals surface area contributed by atoms with Crippen LogP contribution < -0.4 is 0 Å². The van der Waals surface area contributed by atoms with Crippen molar-refractivity contribution in [1.29, 1.82) is 0 Å². The molecule has 1 aliphatic heterocycles. The fourth-order valence-corrected chi connectivity index (χ4v) is 1.80. The van der Waals surface area contributed by atoms with Gasteiger partial charge in [0.25, 0.3) is 11.6 Å². The second-order valence-electron chi connectivity index (χ2n) is 3.78. The highest BCUT2D eigenvalue weighted by Gasteiger charge is 2.35. The third-order valence-electron chi connectivity index (χ3n) is 2.58. The topological polar surface area (TPSA) is 66.7 Å². The molecule has 1 amide bonds. The summed E-state index contributed by atoms with van der Waals surface area (Å²) >= 11 is 0. The molecule has 1 heterocycles. The van der Waals surface area contributed by atoms with Crippen molar-refractivity contribution < 1.29 is 9.72 Å². The van der Waals surface area contributed by atoms with Crippen LogP contribution in [0.1, 0.15) is 15.9 Å². The van der Waals surface area contributed by atoms with Crippen LogP contribution in [0.15, 0.2) is 18.2 Å². The zero-order chi connectivity index (χ0) is 11.9. The predicted octanol–water partition coefficient (Wildman–Crippen LogP) is 1.03. The number of nitro groups is 1. The lowest BCUT2D eigenvalue weighted by molar-refractivity contribution is -0.385. The summed E-state index contributed by atoms with van der Waals surface area (Å²) in [5.74, 6) is -0.313. The molecule has 0 unspecified atom stereocenters. The van der Waals surface area contributed by atoms with Gasteiger partial charge in [0.05, 0.1) is 11.5 Å². The Morgan fingerprint density at radius 2 is 2.12 bits per heavy atom. The fraction of sp³-hybridized carbons (Fsp3) is 0.300. The standard InChI is InChI=1S/C10H11N3O3/c1-11(2)12-6-7-4-3-5-8(13(15)16)9(7)10(12)14/h3-5H,6H2,1-2H3. The maximum atomic E-state index is 11.9. The second kappa shape index (κ2) is 3.57. The van der Waals surface area contributed by atoms with Gasteiger partial charge >= 0.3 is 0 Å². The van der Waals surface area contributed by atoms with E-state index in [2.05, 4.69) is 0 Å². The Bertz CT molecular complexity index is 470. The number of hydrogen-bond donors (Lipinski definition) is 0. The molecule has 16 heavy (non-hydrogen) atoms. The molecule has 0 radical (unpaired) electrons. The monoisotopic (exact) mass is 221 g/mol. The number of rotatable bonds is 2. The molecule has 1 aromatic rings. The van der Waals surface area contributed by atoms with Crippen LogP contribution in [0.3, 0.4) is 0 Å². The molecule has 6 heteroatoms. The van der Waals surface area contributed by atoms with Crippen molar-refractivity contribution in [2.45, 2.75) is 6.54 Å². The summed E-state index contributed by atoms with van der Waals surface area (Å²) in [4.78, 5) is 22.2. The van der Waals surface area contributed by atoms with Crippen LogP contribution in [0.25, 0.3) is 0 Å². The van der Waals surface area contributed by atoms with E-state index in [1.807, 2.05) is 0 Å². The Balaban J connectivity index is 2.52. The highest BCUT2D eigenvalue weighted by atomic mass is 16.6. The summed E-state index contributed by atoms with van der Waals surface area (Å²) in [5, 5.41) is 13.9. The molecule has 0 saturated carbocycles. The number of hydrazine groups is 1. The molecule has 2 rings (SSSR count). The first-order valence-electron chi connectivity index (χ1n) is 4.77. The smallest absolute Gasteiger partial charge is 0.267 e. The highest BCUT2D eigenvalue weighted by molar-refractivity contribution is 6.01. The lowest BCUT2D eigenvalue weighted by Gasteiger charge is -2.22. The largest absolute Gasteiger partial charge is 0.282 e. The van der Waals surface area contributed by atoms with Gasteiger partial charge in [-0.1, -0.05) is 12.1 Å². The fourth-order valence-electron chi connectivity index (χ4n) is 1.80. The van der Waals surface area contributed by atoms with Crippen molar-refractivity contribution in [3.05, 3.63) is 39.4 Å². The molecule has 0 N–H and O–H groups in total. The quantitative estimate of drug-likeness (QED) is 0.552. The van der Waals surface area contributed by atoms with Crippen LogP contribution in [0.4, 0.5) is 5.69 Å². The van der Waals surface area contributed by atoms with E-state index in [1.165, 1.54) is 11.1 Å². The van der Waals surface area contributed by atoms with Gasteiger partial charge < -0.3 is 0 Å². The second-order valence-corrected chi connectivity index (χ2v) is 3.78. The third-order valence-corrected chi connectivity index (χ3v) is 2.58. The minimum atomic E-state index is -0.518. The number of hydrogen-bond acceptors (Lipinski definition) is 4. The van der Waals surface area contributed by atoms with E-state index in [4.69, 9.17) is 0 Å². The van der Waals surface area contributed by atoms with E-state index in [0.29, 0.717) is 12.1 Å². The first-order valence-corrected chi connectivity index (χ1v) is 4.77. The number of nitrogens with zero attached hydrogens (tertiary/aromatic N) is 3. The Labute approximate surface area is 92.2 Å². The zero-order valence-corrected chi connectivity index (χ0v) is 9.01. The molecule has 6 nitrogen and oxygen atoms in total. The average Bonchev–Trinajstić information content (AvgIpc) is 2.56. The first-order chi connectivity index (χ1) is 7.52. The van der Waals surface area contributed by atoms with Crippen molar-refractivity contribution in [2.24, 2.45) is 0 Å². The minimum absolute atomic E-state index is 0.119. The Kier molecular flexibility index (Phi) is 2.35. The van der Waals surface area contributed by atoms with Gasteiger partial charge in [-0.15, -0.1) is 0 Å². The maximum absolute atomic E-state index is 11.9. The number of carbonyl (C=O) groups is 1. The molecule has 0 aromatic heterocycles. The van der Waals surface area contributed by atoms with Crippen LogP contribution in [0.5, 0.6) is 0 Å². The van der Waals surface area contributed by atoms with Crippen molar-refractivity contribution in [3.8, 4) is 0 Å². The molecule has 0 aliphatic carbocycles. The van der Waals surface area contributed by atoms with Gasteiger partial charge in [0.1, 0.15) is 5.56 Å². The van der Waals surface area contributed by atoms with Gasteiger partial charge in [-0.2, -0.15) is 0 Å². The van der Waals surface area contributed by atoms with Crippen molar-refractivity contribution in [3.63, 3.8) is 0 Å². The number of amides is 1. The lowest BCUT2D eigenvalue weighted by atomic mass is 10.1. The summed E-state index contributed by atoms with van der Waals surface area (Å²) in [6.07, 6.45) is 0. The molecule has 84 valence electrons. The van der Waals surface area contributed by atoms with Gasteiger partial charge in [-0.05, 0) is 5.56 Å². The number of nitro benzene ring substituents is 1. The molecule has 0 fully saturated rings. The van der Waals surface area contributed by atoms with E-state index in [0.717, 1.165) is 0 Å². The molecule has 0 spiro atoms. The van der Waals surface area contributed by atoms with Gasteiger partial charge in [0, 0.05) is 20.2 Å². The minimum Gasteiger partial charge on any atom is -0.267 e. The number of fused-ring (bicyclic) bond motifs is 1. The Hall–Kier alpha value is -1.95. The van der Waals surface area contributed by atoms with E-state index in [1.54, 1.807) is 31.2 Å². The Morgan fingerprint density at radius 3 is 2.69 bits per heavy atom. The number of benzene rings is 1. The van der Waals surface area contributed by atoms with Gasteiger partial charge in [0.2, 0.25) is 0 Å². The van der Waals surface area contributed by atoms with Crippen LogP contribution in [-0.4, -0.2) is 34.9 Å². The highest BCUT2D eigenvalue weighted by Crippen LogP contribution is 2.30. The van der Waals surface area contributed by atoms with Crippen LogP contribution in [0, 0.1) is 10.1 Å². The summed E-state index contributed by atoms with van der Waals surface area (Å²) in [7, 11) is 3.46. The number of carbonyl (C=O) groups excluding carboxylic acids is 1. The average molecular weight is 221 g/mol. The Morgan fingerprint density at radius 1 is 1.44 bits per heavy atom. The van der Waals surface area contributed by atoms with Gasteiger partial charge in [0.15, 0.2) is 0 Å². The maximum Gasteiger partial charge on any atom is 0.282 e. The summed E-state index contributed by atoms with van der Waals surface area (Å²) in [6.45, 7) is 0.392. The third kappa shape index (κ3) is 1.43. The summed E-state index contributed by atoms with van der Waals surface area (Å²) in [6, 6.07) is 4.70.